The fourth-order valence-corrected chi connectivity index (χ4v) is 3.51. The van der Waals surface area contributed by atoms with Crippen LogP contribution in [-0.4, -0.2) is 39.1 Å². The number of hydrogen-bond donors (Lipinski definition) is 1. The number of ether oxygens (including phenoxy) is 1. The topological polar surface area (TPSA) is 69.0 Å². The van der Waals surface area contributed by atoms with Crippen LogP contribution in [0.5, 0.6) is 5.75 Å². The molecule has 0 radical (unpaired) electrons. The van der Waals surface area contributed by atoms with Gasteiger partial charge in [-0.2, -0.15) is 0 Å². The molecule has 1 saturated carbocycles. The molecule has 1 aromatic heterocycles. The first-order chi connectivity index (χ1) is 12.0. The molecule has 1 amide bonds. The second kappa shape index (κ2) is 7.47. The first-order valence-electron chi connectivity index (χ1n) is 8.56. The van der Waals surface area contributed by atoms with E-state index in [2.05, 4.69) is 33.9 Å². The van der Waals surface area contributed by atoms with Crippen LogP contribution in [0.2, 0.25) is 0 Å². The van der Waals surface area contributed by atoms with Crippen LogP contribution in [0.4, 0.5) is 0 Å². The lowest BCUT2D eigenvalue weighted by molar-refractivity contribution is -0.120. The SMILES string of the molecule is COc1ccc(-c2nnc(S[C@@H](C)C(=O)NC3CC3)n2C(C)C)cc1. The minimum atomic E-state index is -0.203. The molecule has 7 heteroatoms. The van der Waals surface area contributed by atoms with Gasteiger partial charge in [0, 0.05) is 17.6 Å². The van der Waals surface area contributed by atoms with Gasteiger partial charge in [-0.15, -0.1) is 10.2 Å². The van der Waals surface area contributed by atoms with Crippen molar-refractivity contribution in [3.63, 3.8) is 0 Å². The molecule has 1 aliphatic carbocycles. The van der Waals surface area contributed by atoms with E-state index in [1.807, 2.05) is 31.2 Å². The minimum Gasteiger partial charge on any atom is -0.497 e. The number of nitrogens with one attached hydrogen (secondary N) is 1. The smallest absolute Gasteiger partial charge is 0.233 e. The van der Waals surface area contributed by atoms with Gasteiger partial charge in [-0.3, -0.25) is 9.36 Å². The van der Waals surface area contributed by atoms with Crippen molar-refractivity contribution in [1.82, 2.24) is 20.1 Å². The lowest BCUT2D eigenvalue weighted by Gasteiger charge is -2.16. The van der Waals surface area contributed by atoms with Crippen molar-refractivity contribution in [3.8, 4) is 17.1 Å². The number of thioether (sulfide) groups is 1. The van der Waals surface area contributed by atoms with Crippen LogP contribution in [0.15, 0.2) is 29.4 Å². The van der Waals surface area contributed by atoms with E-state index >= 15 is 0 Å². The summed E-state index contributed by atoms with van der Waals surface area (Å²) in [5, 5.41) is 12.3. The molecule has 0 unspecified atom stereocenters. The fourth-order valence-electron chi connectivity index (χ4n) is 2.52. The van der Waals surface area contributed by atoms with Gasteiger partial charge in [-0.1, -0.05) is 11.8 Å². The predicted octanol–water partition coefficient (Wildman–Crippen LogP) is 3.29. The molecule has 0 bridgehead atoms. The molecular formula is C18H24N4O2S. The normalized spacial score (nSPS) is 15.2. The first kappa shape index (κ1) is 17.8. The second-order valence-corrected chi connectivity index (χ2v) is 7.85. The van der Waals surface area contributed by atoms with Gasteiger partial charge in [0.05, 0.1) is 12.4 Å². The Morgan fingerprint density at radius 3 is 2.48 bits per heavy atom. The van der Waals surface area contributed by atoms with Gasteiger partial charge in [0.15, 0.2) is 11.0 Å². The second-order valence-electron chi connectivity index (χ2n) is 6.54. The summed E-state index contributed by atoms with van der Waals surface area (Å²) < 4.78 is 7.29. The molecule has 0 aliphatic heterocycles. The number of hydrogen-bond acceptors (Lipinski definition) is 5. The van der Waals surface area contributed by atoms with Crippen molar-refractivity contribution in [1.29, 1.82) is 0 Å². The van der Waals surface area contributed by atoms with Gasteiger partial charge in [0.1, 0.15) is 5.75 Å². The highest BCUT2D eigenvalue weighted by molar-refractivity contribution is 8.00. The molecule has 3 rings (SSSR count). The van der Waals surface area contributed by atoms with E-state index in [-0.39, 0.29) is 17.2 Å². The van der Waals surface area contributed by atoms with Crippen molar-refractivity contribution in [2.75, 3.05) is 7.11 Å². The molecule has 25 heavy (non-hydrogen) atoms. The third-order valence-electron chi connectivity index (χ3n) is 4.10. The summed E-state index contributed by atoms with van der Waals surface area (Å²) in [6.45, 7) is 6.10. The third-order valence-corrected chi connectivity index (χ3v) is 5.16. The van der Waals surface area contributed by atoms with Crippen LogP contribution in [0.3, 0.4) is 0 Å². The van der Waals surface area contributed by atoms with E-state index in [9.17, 15) is 4.79 Å². The van der Waals surface area contributed by atoms with E-state index in [1.165, 1.54) is 11.8 Å². The highest BCUT2D eigenvalue weighted by Crippen LogP contribution is 2.31. The Balaban J connectivity index is 1.82. The monoisotopic (exact) mass is 360 g/mol. The zero-order chi connectivity index (χ0) is 18.0. The van der Waals surface area contributed by atoms with E-state index < -0.39 is 0 Å². The van der Waals surface area contributed by atoms with Crippen molar-refractivity contribution in [2.45, 2.75) is 56.1 Å². The summed E-state index contributed by atoms with van der Waals surface area (Å²) in [5.41, 5.74) is 0.976. The average molecular weight is 360 g/mol. The quantitative estimate of drug-likeness (QED) is 0.767. The van der Waals surface area contributed by atoms with Gasteiger partial charge in [-0.05, 0) is 57.9 Å². The fraction of sp³-hybridized carbons (Fsp3) is 0.500. The number of carbonyl (C=O) groups is 1. The lowest BCUT2D eigenvalue weighted by atomic mass is 10.2. The number of nitrogens with zero attached hydrogens (tertiary/aromatic N) is 3. The van der Waals surface area contributed by atoms with Crippen LogP contribution in [0.25, 0.3) is 11.4 Å². The zero-order valence-electron chi connectivity index (χ0n) is 15.0. The number of carbonyl (C=O) groups excluding carboxylic acids is 1. The lowest BCUT2D eigenvalue weighted by Crippen LogP contribution is -2.32. The van der Waals surface area contributed by atoms with Crippen LogP contribution in [0.1, 0.15) is 39.7 Å². The van der Waals surface area contributed by atoms with Crippen LogP contribution < -0.4 is 10.1 Å². The van der Waals surface area contributed by atoms with Gasteiger partial charge in [-0.25, -0.2) is 0 Å². The largest absolute Gasteiger partial charge is 0.497 e. The van der Waals surface area contributed by atoms with Crippen molar-refractivity contribution < 1.29 is 9.53 Å². The molecule has 1 aliphatic rings. The molecule has 0 saturated heterocycles. The van der Waals surface area contributed by atoms with Gasteiger partial charge in [0.2, 0.25) is 5.91 Å². The Kier molecular flexibility index (Phi) is 5.32. The van der Waals surface area contributed by atoms with Gasteiger partial charge >= 0.3 is 0 Å². The Morgan fingerprint density at radius 2 is 1.92 bits per heavy atom. The molecule has 1 fully saturated rings. The average Bonchev–Trinajstić information content (AvgIpc) is 3.31. The molecule has 2 aromatic rings. The van der Waals surface area contributed by atoms with Crippen molar-refractivity contribution in [2.24, 2.45) is 0 Å². The molecule has 1 heterocycles. The van der Waals surface area contributed by atoms with Crippen LogP contribution in [0, 0.1) is 0 Å². The molecule has 1 aromatic carbocycles. The maximum atomic E-state index is 12.2. The Labute approximate surface area is 152 Å². The van der Waals surface area contributed by atoms with E-state index in [0.29, 0.717) is 6.04 Å². The maximum absolute atomic E-state index is 12.2. The number of aromatic nitrogens is 3. The molecule has 6 nitrogen and oxygen atoms in total. The Morgan fingerprint density at radius 1 is 1.24 bits per heavy atom. The summed E-state index contributed by atoms with van der Waals surface area (Å²) in [6.07, 6.45) is 2.18. The molecule has 134 valence electrons. The summed E-state index contributed by atoms with van der Waals surface area (Å²) in [6, 6.07) is 8.32. The molecular weight excluding hydrogens is 336 g/mol. The van der Waals surface area contributed by atoms with Gasteiger partial charge < -0.3 is 10.1 Å². The van der Waals surface area contributed by atoms with Crippen molar-refractivity contribution in [3.05, 3.63) is 24.3 Å². The van der Waals surface area contributed by atoms with E-state index in [4.69, 9.17) is 4.74 Å². The number of benzene rings is 1. The number of rotatable bonds is 7. The summed E-state index contributed by atoms with van der Waals surface area (Å²) >= 11 is 1.45. The Hall–Kier alpha value is -2.02. The van der Waals surface area contributed by atoms with E-state index in [1.54, 1.807) is 7.11 Å². The highest BCUT2D eigenvalue weighted by atomic mass is 32.2. The standard InChI is InChI=1S/C18H24N4O2S/c1-11(2)22-16(13-5-9-15(24-4)10-6-13)20-21-18(22)25-12(3)17(23)19-14-7-8-14/h5-6,9-12,14H,7-8H2,1-4H3,(H,19,23)/t12-/m0/s1. The Bertz CT molecular complexity index is 738. The van der Waals surface area contributed by atoms with Crippen LogP contribution >= 0.6 is 11.8 Å². The summed E-state index contributed by atoms with van der Waals surface area (Å²) in [4.78, 5) is 12.2. The number of methoxy groups -OCH3 is 1. The first-order valence-corrected chi connectivity index (χ1v) is 9.44. The molecule has 1 N–H and O–H groups in total. The van der Waals surface area contributed by atoms with Gasteiger partial charge in [0.25, 0.3) is 0 Å². The maximum Gasteiger partial charge on any atom is 0.233 e. The summed E-state index contributed by atoms with van der Waals surface area (Å²) in [7, 11) is 1.65. The predicted molar refractivity (Wildman–Crippen MR) is 98.9 cm³/mol. The third kappa shape index (κ3) is 4.15. The minimum absolute atomic E-state index is 0.0665. The molecule has 0 spiro atoms. The molecule has 1 atom stereocenters. The zero-order valence-corrected chi connectivity index (χ0v) is 15.8. The highest BCUT2D eigenvalue weighted by Gasteiger charge is 2.27. The van der Waals surface area contributed by atoms with E-state index in [0.717, 1.165) is 35.1 Å². The van der Waals surface area contributed by atoms with Crippen molar-refractivity contribution >= 4 is 17.7 Å². The summed E-state index contributed by atoms with van der Waals surface area (Å²) in [5.74, 6) is 1.67. The van der Waals surface area contributed by atoms with Crippen LogP contribution in [-0.2, 0) is 4.79 Å². The number of amides is 1.